The number of aliphatic imine (C=N–C) groups is 1. The Morgan fingerprint density at radius 1 is 1.28 bits per heavy atom. The molecule has 0 amide bonds. The second-order valence-electron chi connectivity index (χ2n) is 3.66. The standard InChI is InChI=1S/C11H9Cl2N3S.ClH/c12-6-1-2-8-9(7(13)5-17-8)10(6)16-11-14-3-4-15-11;/h1-2,5H,3-4H2,(H2,14,15,16);1H. The molecule has 0 atom stereocenters. The van der Waals surface area contributed by atoms with Gasteiger partial charge in [-0.3, -0.25) is 4.99 Å². The molecule has 1 aliphatic heterocycles. The molecule has 2 heterocycles. The molecule has 0 aliphatic carbocycles. The highest BCUT2D eigenvalue weighted by Crippen LogP contribution is 2.39. The molecule has 1 aromatic heterocycles. The van der Waals surface area contributed by atoms with Crippen LogP contribution in [0.4, 0.5) is 5.69 Å². The third-order valence-corrected chi connectivity index (χ3v) is 4.25. The molecule has 0 spiro atoms. The average molecular weight is 323 g/mol. The molecule has 2 N–H and O–H groups in total. The highest BCUT2D eigenvalue weighted by molar-refractivity contribution is 7.18. The van der Waals surface area contributed by atoms with Gasteiger partial charge in [-0.05, 0) is 12.1 Å². The predicted molar refractivity (Wildman–Crippen MR) is 83.0 cm³/mol. The van der Waals surface area contributed by atoms with Crippen LogP contribution in [0, 0.1) is 0 Å². The fourth-order valence-electron chi connectivity index (χ4n) is 1.79. The summed E-state index contributed by atoms with van der Waals surface area (Å²) in [5.74, 6) is 0.752. The number of hydrogen-bond acceptors (Lipinski definition) is 4. The molecule has 0 saturated carbocycles. The number of halogens is 3. The maximum absolute atomic E-state index is 6.21. The van der Waals surface area contributed by atoms with Crippen molar-refractivity contribution in [1.82, 2.24) is 5.32 Å². The highest BCUT2D eigenvalue weighted by Gasteiger charge is 2.14. The maximum atomic E-state index is 6.21. The molecule has 0 saturated heterocycles. The number of benzene rings is 1. The van der Waals surface area contributed by atoms with Gasteiger partial charge in [-0.2, -0.15) is 0 Å². The minimum Gasteiger partial charge on any atom is -0.354 e. The van der Waals surface area contributed by atoms with E-state index in [1.165, 1.54) is 0 Å². The molecule has 18 heavy (non-hydrogen) atoms. The van der Waals surface area contributed by atoms with Crippen LogP contribution >= 0.6 is 46.9 Å². The molecular weight excluding hydrogens is 313 g/mol. The highest BCUT2D eigenvalue weighted by atomic mass is 35.5. The first-order valence-electron chi connectivity index (χ1n) is 5.16. The van der Waals surface area contributed by atoms with Crippen LogP contribution in [0.1, 0.15) is 0 Å². The van der Waals surface area contributed by atoms with E-state index in [2.05, 4.69) is 15.6 Å². The van der Waals surface area contributed by atoms with Gasteiger partial charge in [0, 0.05) is 22.0 Å². The summed E-state index contributed by atoms with van der Waals surface area (Å²) in [5, 5.41) is 10.6. The summed E-state index contributed by atoms with van der Waals surface area (Å²) in [7, 11) is 0. The van der Waals surface area contributed by atoms with Gasteiger partial charge in [-0.15, -0.1) is 23.7 Å². The van der Waals surface area contributed by atoms with Crippen LogP contribution in [0.3, 0.4) is 0 Å². The van der Waals surface area contributed by atoms with Crippen molar-refractivity contribution in [2.75, 3.05) is 18.4 Å². The summed E-state index contributed by atoms with van der Waals surface area (Å²) in [4.78, 5) is 4.29. The van der Waals surface area contributed by atoms with Gasteiger partial charge < -0.3 is 10.6 Å². The van der Waals surface area contributed by atoms with E-state index >= 15 is 0 Å². The van der Waals surface area contributed by atoms with E-state index in [1.807, 2.05) is 17.5 Å². The van der Waals surface area contributed by atoms with E-state index in [0.717, 1.165) is 34.8 Å². The minimum absolute atomic E-state index is 0. The van der Waals surface area contributed by atoms with Crippen LogP contribution in [-0.4, -0.2) is 19.0 Å². The van der Waals surface area contributed by atoms with E-state index in [1.54, 1.807) is 11.3 Å². The maximum Gasteiger partial charge on any atom is 0.195 e. The summed E-state index contributed by atoms with van der Waals surface area (Å²) in [6.07, 6.45) is 0. The number of guanidine groups is 1. The van der Waals surface area contributed by atoms with Gasteiger partial charge in [0.15, 0.2) is 5.96 Å². The lowest BCUT2D eigenvalue weighted by molar-refractivity contribution is 0.959. The van der Waals surface area contributed by atoms with E-state index < -0.39 is 0 Å². The lowest BCUT2D eigenvalue weighted by atomic mass is 10.2. The second kappa shape index (κ2) is 5.53. The third-order valence-electron chi connectivity index (χ3n) is 2.56. The number of fused-ring (bicyclic) bond motifs is 1. The van der Waals surface area contributed by atoms with E-state index in [4.69, 9.17) is 23.2 Å². The molecule has 3 rings (SSSR count). The van der Waals surface area contributed by atoms with Gasteiger partial charge in [0.05, 0.1) is 22.3 Å². The first-order chi connectivity index (χ1) is 8.25. The molecule has 2 aromatic rings. The van der Waals surface area contributed by atoms with Crippen molar-refractivity contribution in [3.05, 3.63) is 27.6 Å². The lowest BCUT2D eigenvalue weighted by Gasteiger charge is -2.10. The summed E-state index contributed by atoms with van der Waals surface area (Å²) in [6.45, 7) is 1.64. The monoisotopic (exact) mass is 321 g/mol. The van der Waals surface area contributed by atoms with E-state index in [-0.39, 0.29) is 12.4 Å². The van der Waals surface area contributed by atoms with Gasteiger partial charge >= 0.3 is 0 Å². The Morgan fingerprint density at radius 2 is 2.11 bits per heavy atom. The van der Waals surface area contributed by atoms with E-state index in [0.29, 0.717) is 10.0 Å². The van der Waals surface area contributed by atoms with Crippen LogP contribution in [0.25, 0.3) is 10.1 Å². The number of nitrogens with one attached hydrogen (secondary N) is 2. The Balaban J connectivity index is 0.00000120. The van der Waals surface area contributed by atoms with Crippen molar-refractivity contribution < 1.29 is 0 Å². The largest absolute Gasteiger partial charge is 0.354 e. The molecule has 3 nitrogen and oxygen atoms in total. The Bertz CT molecular complexity index is 609. The quantitative estimate of drug-likeness (QED) is 0.832. The zero-order chi connectivity index (χ0) is 11.8. The molecule has 0 unspecified atom stereocenters. The van der Waals surface area contributed by atoms with Gasteiger partial charge in [0.1, 0.15) is 0 Å². The Hall–Kier alpha value is -0.680. The zero-order valence-electron chi connectivity index (χ0n) is 9.17. The number of hydrogen-bond donors (Lipinski definition) is 2. The first kappa shape index (κ1) is 13.7. The molecular formula is C11H10Cl3N3S. The molecule has 96 valence electrons. The van der Waals surface area contributed by atoms with Gasteiger partial charge in [-0.1, -0.05) is 23.2 Å². The van der Waals surface area contributed by atoms with Crippen molar-refractivity contribution in [3.63, 3.8) is 0 Å². The average Bonchev–Trinajstić information content (AvgIpc) is 2.93. The Kier molecular flexibility index (Phi) is 4.22. The Morgan fingerprint density at radius 3 is 2.83 bits per heavy atom. The number of rotatable bonds is 1. The van der Waals surface area contributed by atoms with Gasteiger partial charge in [0.25, 0.3) is 0 Å². The van der Waals surface area contributed by atoms with Crippen molar-refractivity contribution in [2.45, 2.75) is 0 Å². The number of anilines is 1. The van der Waals surface area contributed by atoms with Crippen molar-refractivity contribution in [2.24, 2.45) is 4.99 Å². The zero-order valence-corrected chi connectivity index (χ0v) is 12.3. The summed E-state index contributed by atoms with van der Waals surface area (Å²) < 4.78 is 1.11. The molecule has 0 bridgehead atoms. The van der Waals surface area contributed by atoms with Crippen molar-refractivity contribution >= 4 is 68.7 Å². The normalized spacial score (nSPS) is 14.0. The minimum atomic E-state index is 0. The topological polar surface area (TPSA) is 36.4 Å². The number of thiophene rings is 1. The fraction of sp³-hybridized carbons (Fsp3) is 0.182. The second-order valence-corrected chi connectivity index (χ2v) is 5.39. The summed E-state index contributed by atoms with van der Waals surface area (Å²) in [5.41, 5.74) is 0.823. The lowest BCUT2D eigenvalue weighted by Crippen LogP contribution is -2.26. The molecule has 7 heteroatoms. The first-order valence-corrected chi connectivity index (χ1v) is 6.80. The number of nitrogens with zero attached hydrogens (tertiary/aromatic N) is 1. The van der Waals surface area contributed by atoms with Gasteiger partial charge in [0.2, 0.25) is 0 Å². The van der Waals surface area contributed by atoms with Crippen LogP contribution in [0.5, 0.6) is 0 Å². The third kappa shape index (κ3) is 2.38. The molecule has 1 aromatic carbocycles. The van der Waals surface area contributed by atoms with Crippen LogP contribution < -0.4 is 10.6 Å². The summed E-state index contributed by atoms with van der Waals surface area (Å²) in [6, 6.07) is 3.85. The van der Waals surface area contributed by atoms with Crippen LogP contribution in [-0.2, 0) is 0 Å². The Labute approximate surface area is 125 Å². The summed E-state index contributed by atoms with van der Waals surface area (Å²) >= 11 is 14.0. The smallest absolute Gasteiger partial charge is 0.195 e. The molecule has 0 fully saturated rings. The molecule has 0 radical (unpaired) electrons. The molecule has 1 aliphatic rings. The predicted octanol–water partition coefficient (Wildman–Crippen LogP) is 4.00. The van der Waals surface area contributed by atoms with Crippen molar-refractivity contribution in [1.29, 1.82) is 0 Å². The fourth-order valence-corrected chi connectivity index (χ4v) is 3.21. The van der Waals surface area contributed by atoms with Gasteiger partial charge in [-0.25, -0.2) is 0 Å². The van der Waals surface area contributed by atoms with Crippen molar-refractivity contribution in [3.8, 4) is 0 Å². The SMILES string of the molecule is Cl.Clc1ccc2scc(Cl)c2c1NC1=NCCN1. The van der Waals surface area contributed by atoms with E-state index in [9.17, 15) is 0 Å². The van der Waals surface area contributed by atoms with Crippen LogP contribution in [0.15, 0.2) is 22.5 Å². The van der Waals surface area contributed by atoms with Crippen LogP contribution in [0.2, 0.25) is 10.0 Å².